The maximum Gasteiger partial charge on any atom is 0.416 e. The minimum atomic E-state index is -4.48. The van der Waals surface area contributed by atoms with Crippen molar-refractivity contribution >= 4 is 5.91 Å². The van der Waals surface area contributed by atoms with Gasteiger partial charge in [0, 0.05) is 19.0 Å². The van der Waals surface area contributed by atoms with Crippen molar-refractivity contribution in [3.8, 4) is 11.6 Å². The molecule has 1 amide bonds. The maximum atomic E-state index is 12.9. The molecule has 2 aliphatic heterocycles. The average Bonchev–Trinajstić information content (AvgIpc) is 3.10. The molecular weight excluding hydrogens is 401 g/mol. The molecule has 156 valence electrons. The number of fused-ring (bicyclic) bond motifs is 2. The number of aromatic nitrogens is 2. The van der Waals surface area contributed by atoms with Gasteiger partial charge in [0.05, 0.1) is 11.6 Å². The van der Waals surface area contributed by atoms with Crippen LogP contribution < -0.4 is 14.8 Å². The highest BCUT2D eigenvalue weighted by molar-refractivity contribution is 5.92. The zero-order chi connectivity index (χ0) is 20.8. The summed E-state index contributed by atoms with van der Waals surface area (Å²) in [5.41, 5.74) is -0.479. The zero-order valence-corrected chi connectivity index (χ0v) is 14.9. The molecule has 0 aliphatic carbocycles. The van der Waals surface area contributed by atoms with Gasteiger partial charge in [0.1, 0.15) is 12.4 Å². The Morgan fingerprint density at radius 1 is 1.28 bits per heavy atom. The minimum Gasteiger partial charge on any atom is -0.491 e. The Labute approximate surface area is 161 Å². The summed E-state index contributed by atoms with van der Waals surface area (Å²) in [6.45, 7) is 0.277. The quantitative estimate of drug-likeness (QED) is 0.780. The molecule has 1 aromatic heterocycles. The highest BCUT2D eigenvalue weighted by Gasteiger charge is 2.33. The van der Waals surface area contributed by atoms with Gasteiger partial charge in [-0.05, 0) is 30.2 Å². The summed E-state index contributed by atoms with van der Waals surface area (Å²) in [5, 5.41) is 6.70. The van der Waals surface area contributed by atoms with Crippen LogP contribution in [0.3, 0.4) is 0 Å². The number of benzene rings is 1. The van der Waals surface area contributed by atoms with Gasteiger partial charge < -0.3 is 14.8 Å². The van der Waals surface area contributed by atoms with E-state index in [4.69, 9.17) is 9.47 Å². The SMILES string of the molecule is O=C(N[C@@H]1COc2ccc(C(F)(F)F)cc2C1)c1cc2n(n1)CC[C@@H](C(F)F)O2. The number of aryl methyl sites for hydroxylation is 1. The first-order chi connectivity index (χ1) is 13.7. The molecule has 0 saturated carbocycles. The van der Waals surface area contributed by atoms with Gasteiger partial charge in [-0.15, -0.1) is 0 Å². The third kappa shape index (κ3) is 3.99. The molecule has 2 atom stereocenters. The van der Waals surface area contributed by atoms with Crippen LogP contribution in [-0.2, 0) is 19.1 Å². The second-order valence-electron chi connectivity index (χ2n) is 6.88. The number of alkyl halides is 5. The monoisotopic (exact) mass is 417 g/mol. The van der Waals surface area contributed by atoms with Crippen LogP contribution in [0.15, 0.2) is 24.3 Å². The number of nitrogens with one attached hydrogen (secondary N) is 1. The summed E-state index contributed by atoms with van der Waals surface area (Å²) in [5.74, 6) is -0.174. The summed E-state index contributed by atoms with van der Waals surface area (Å²) in [4.78, 5) is 12.5. The molecule has 4 rings (SSSR count). The van der Waals surface area contributed by atoms with Gasteiger partial charge in [-0.3, -0.25) is 4.79 Å². The molecule has 2 aliphatic rings. The van der Waals surface area contributed by atoms with Gasteiger partial charge in [-0.2, -0.15) is 18.3 Å². The molecule has 11 heteroatoms. The van der Waals surface area contributed by atoms with Crippen molar-refractivity contribution < 1.29 is 36.2 Å². The van der Waals surface area contributed by atoms with E-state index >= 15 is 0 Å². The van der Waals surface area contributed by atoms with Crippen molar-refractivity contribution in [2.24, 2.45) is 0 Å². The van der Waals surface area contributed by atoms with Crippen molar-refractivity contribution in [2.75, 3.05) is 6.61 Å². The first-order valence-electron chi connectivity index (χ1n) is 8.87. The van der Waals surface area contributed by atoms with Crippen LogP contribution in [0, 0.1) is 0 Å². The predicted molar refractivity (Wildman–Crippen MR) is 89.2 cm³/mol. The fourth-order valence-electron chi connectivity index (χ4n) is 3.33. The van der Waals surface area contributed by atoms with Crippen molar-refractivity contribution in [1.29, 1.82) is 0 Å². The smallest absolute Gasteiger partial charge is 0.416 e. The number of nitrogens with zero attached hydrogens (tertiary/aromatic N) is 2. The number of carbonyl (C=O) groups is 1. The molecule has 0 saturated heterocycles. The summed E-state index contributed by atoms with van der Waals surface area (Å²) in [7, 11) is 0. The van der Waals surface area contributed by atoms with Crippen LogP contribution in [0.25, 0.3) is 0 Å². The fraction of sp³-hybridized carbons (Fsp3) is 0.444. The highest BCUT2D eigenvalue weighted by atomic mass is 19.4. The molecule has 0 unspecified atom stereocenters. The Hall–Kier alpha value is -2.85. The third-order valence-electron chi connectivity index (χ3n) is 4.78. The van der Waals surface area contributed by atoms with Crippen LogP contribution in [0.1, 0.15) is 28.0 Å². The van der Waals surface area contributed by atoms with Gasteiger partial charge in [0.15, 0.2) is 11.8 Å². The van der Waals surface area contributed by atoms with Gasteiger partial charge in [0.2, 0.25) is 5.88 Å². The van der Waals surface area contributed by atoms with Crippen LogP contribution in [-0.4, -0.2) is 40.9 Å². The van der Waals surface area contributed by atoms with Crippen molar-refractivity contribution in [2.45, 2.75) is 44.1 Å². The molecule has 2 aromatic rings. The lowest BCUT2D eigenvalue weighted by atomic mass is 10.00. The summed E-state index contributed by atoms with van der Waals surface area (Å²) < 4.78 is 76.2. The Morgan fingerprint density at radius 3 is 2.79 bits per heavy atom. The summed E-state index contributed by atoms with van der Waals surface area (Å²) in [6, 6.07) is 3.91. The van der Waals surface area contributed by atoms with Crippen LogP contribution >= 0.6 is 0 Å². The van der Waals surface area contributed by atoms with Gasteiger partial charge in [-0.1, -0.05) is 0 Å². The third-order valence-corrected chi connectivity index (χ3v) is 4.78. The molecular formula is C18H16F5N3O3. The lowest BCUT2D eigenvalue weighted by Gasteiger charge is -2.26. The number of hydrogen-bond acceptors (Lipinski definition) is 4. The van der Waals surface area contributed by atoms with E-state index in [2.05, 4.69) is 10.4 Å². The largest absolute Gasteiger partial charge is 0.491 e. The Morgan fingerprint density at radius 2 is 2.07 bits per heavy atom. The van der Waals surface area contributed by atoms with E-state index in [0.717, 1.165) is 12.1 Å². The van der Waals surface area contributed by atoms with Crippen molar-refractivity contribution in [1.82, 2.24) is 15.1 Å². The van der Waals surface area contributed by atoms with Crippen LogP contribution in [0.4, 0.5) is 22.0 Å². The van der Waals surface area contributed by atoms with Gasteiger partial charge >= 0.3 is 6.18 Å². The topological polar surface area (TPSA) is 65.4 Å². The highest BCUT2D eigenvalue weighted by Crippen LogP contribution is 2.34. The number of halogens is 5. The van der Waals surface area contributed by atoms with E-state index in [1.54, 1.807) is 0 Å². The summed E-state index contributed by atoms with van der Waals surface area (Å²) >= 11 is 0. The van der Waals surface area contributed by atoms with Crippen molar-refractivity contribution in [3.63, 3.8) is 0 Å². The minimum absolute atomic E-state index is 0.0234. The molecule has 0 radical (unpaired) electrons. The van der Waals surface area contributed by atoms with Crippen LogP contribution in [0.5, 0.6) is 11.6 Å². The predicted octanol–water partition coefficient (Wildman–Crippen LogP) is 3.05. The number of ether oxygens (including phenoxy) is 2. The lowest BCUT2D eigenvalue weighted by Crippen LogP contribution is -2.43. The molecule has 1 N–H and O–H groups in total. The zero-order valence-electron chi connectivity index (χ0n) is 14.9. The first kappa shape index (κ1) is 19.5. The van der Waals surface area contributed by atoms with E-state index in [1.807, 2.05) is 0 Å². The maximum absolute atomic E-state index is 12.9. The molecule has 6 nitrogen and oxygen atoms in total. The number of amides is 1. The molecule has 0 spiro atoms. The van der Waals surface area contributed by atoms with E-state index in [0.29, 0.717) is 11.3 Å². The molecule has 0 bridgehead atoms. The van der Waals surface area contributed by atoms with E-state index in [-0.39, 0.29) is 37.6 Å². The van der Waals surface area contributed by atoms with Crippen LogP contribution in [0.2, 0.25) is 0 Å². The fourth-order valence-corrected chi connectivity index (χ4v) is 3.33. The Balaban J connectivity index is 1.44. The molecule has 3 heterocycles. The van der Waals surface area contributed by atoms with E-state index in [9.17, 15) is 26.7 Å². The molecule has 1 aromatic carbocycles. The normalized spacial score (nSPS) is 21.0. The Kier molecular flexibility index (Phi) is 4.83. The average molecular weight is 417 g/mol. The van der Waals surface area contributed by atoms with Gasteiger partial charge in [0.25, 0.3) is 12.3 Å². The van der Waals surface area contributed by atoms with Crippen molar-refractivity contribution in [3.05, 3.63) is 41.1 Å². The number of rotatable bonds is 3. The molecule has 29 heavy (non-hydrogen) atoms. The van der Waals surface area contributed by atoms with Gasteiger partial charge in [-0.25, -0.2) is 13.5 Å². The Bertz CT molecular complexity index is 928. The second kappa shape index (κ2) is 7.20. The van der Waals surface area contributed by atoms with E-state index in [1.165, 1.54) is 16.8 Å². The summed E-state index contributed by atoms with van der Waals surface area (Å²) in [6.07, 6.45) is -8.14. The number of hydrogen-bond donors (Lipinski definition) is 1. The standard InChI is InChI=1S/C18H16F5N3O3/c19-16(20)14-3-4-26-15(29-14)7-12(25-26)17(27)24-11-6-9-5-10(18(21,22)23)1-2-13(9)28-8-11/h1-2,5,7,11,14,16H,3-4,6,8H2,(H,24,27)/t11-,14-/m0/s1. The lowest BCUT2D eigenvalue weighted by molar-refractivity contribution is -0.137. The second-order valence-corrected chi connectivity index (χ2v) is 6.88. The first-order valence-corrected chi connectivity index (χ1v) is 8.87. The van der Waals surface area contributed by atoms with E-state index < -0.39 is 36.2 Å². The molecule has 0 fully saturated rings. The number of carbonyl (C=O) groups excluding carboxylic acids is 1.